The average molecular weight is 351 g/mol. The first kappa shape index (κ1) is 17.2. The molecule has 0 saturated heterocycles. The van der Waals surface area contributed by atoms with E-state index in [1.54, 1.807) is 43.4 Å². The summed E-state index contributed by atoms with van der Waals surface area (Å²) in [6.45, 7) is 0.239. The second-order valence-electron chi connectivity index (χ2n) is 5.63. The zero-order valence-electron chi connectivity index (χ0n) is 14.1. The van der Waals surface area contributed by atoms with Gasteiger partial charge in [-0.3, -0.25) is 14.4 Å². The van der Waals surface area contributed by atoms with Crippen molar-refractivity contribution >= 4 is 17.5 Å². The third kappa shape index (κ3) is 3.89. The first-order chi connectivity index (χ1) is 12.5. The molecule has 2 amide bonds. The van der Waals surface area contributed by atoms with Gasteiger partial charge in [-0.1, -0.05) is 12.1 Å². The van der Waals surface area contributed by atoms with Crippen LogP contribution in [0.5, 0.6) is 0 Å². The van der Waals surface area contributed by atoms with Crippen LogP contribution >= 0.6 is 0 Å². The Morgan fingerprint density at radius 3 is 2.62 bits per heavy atom. The lowest BCUT2D eigenvalue weighted by atomic mass is 10.1. The standard InChI is InChI=1S/C19H17N3O4/c1-22-9-8-13(11-17(22)23)18(24)21-16-7-3-2-6-15(16)19(25)20-12-14-5-4-10-26-14/h2-11H,12H2,1H3,(H,20,25)(H,21,24). The van der Waals surface area contributed by atoms with Gasteiger partial charge in [0, 0.05) is 24.9 Å². The van der Waals surface area contributed by atoms with Crippen molar-refractivity contribution in [2.45, 2.75) is 6.54 Å². The van der Waals surface area contributed by atoms with Gasteiger partial charge in [-0.2, -0.15) is 0 Å². The summed E-state index contributed by atoms with van der Waals surface area (Å²) in [6, 6.07) is 12.9. The van der Waals surface area contributed by atoms with Crippen LogP contribution in [-0.4, -0.2) is 16.4 Å². The Kier molecular flexibility index (Phi) is 4.98. The number of pyridine rings is 1. The van der Waals surface area contributed by atoms with Gasteiger partial charge in [-0.05, 0) is 30.3 Å². The molecule has 3 rings (SSSR count). The van der Waals surface area contributed by atoms with Crippen molar-refractivity contribution in [2.24, 2.45) is 7.05 Å². The Morgan fingerprint density at radius 1 is 1.08 bits per heavy atom. The number of amides is 2. The van der Waals surface area contributed by atoms with E-state index >= 15 is 0 Å². The van der Waals surface area contributed by atoms with Crippen molar-refractivity contribution in [1.29, 1.82) is 0 Å². The molecule has 0 saturated carbocycles. The summed E-state index contributed by atoms with van der Waals surface area (Å²) in [6.07, 6.45) is 3.04. The van der Waals surface area contributed by atoms with Crippen molar-refractivity contribution in [2.75, 3.05) is 5.32 Å². The van der Waals surface area contributed by atoms with Gasteiger partial charge >= 0.3 is 0 Å². The minimum absolute atomic E-state index is 0.221. The molecule has 26 heavy (non-hydrogen) atoms. The fourth-order valence-corrected chi connectivity index (χ4v) is 2.35. The molecular weight excluding hydrogens is 334 g/mol. The summed E-state index contributed by atoms with van der Waals surface area (Å²) in [7, 11) is 1.60. The molecule has 0 atom stereocenters. The summed E-state index contributed by atoms with van der Waals surface area (Å²) in [5.74, 6) is -0.185. The number of hydrogen-bond acceptors (Lipinski definition) is 4. The number of nitrogens with zero attached hydrogens (tertiary/aromatic N) is 1. The number of aryl methyl sites for hydroxylation is 1. The smallest absolute Gasteiger partial charge is 0.255 e. The van der Waals surface area contributed by atoms with Gasteiger partial charge in [0.25, 0.3) is 17.4 Å². The lowest BCUT2D eigenvalue weighted by Crippen LogP contribution is -2.25. The number of carbonyl (C=O) groups is 2. The molecular formula is C19H17N3O4. The van der Waals surface area contributed by atoms with Crippen LogP contribution in [0.1, 0.15) is 26.5 Å². The molecule has 3 aromatic rings. The van der Waals surface area contributed by atoms with Crippen molar-refractivity contribution in [3.8, 4) is 0 Å². The molecule has 132 valence electrons. The lowest BCUT2D eigenvalue weighted by molar-refractivity contribution is 0.0949. The van der Waals surface area contributed by atoms with Crippen LogP contribution < -0.4 is 16.2 Å². The monoisotopic (exact) mass is 351 g/mol. The van der Waals surface area contributed by atoms with Crippen molar-refractivity contribution < 1.29 is 14.0 Å². The number of carbonyl (C=O) groups excluding carboxylic acids is 2. The maximum atomic E-state index is 12.4. The van der Waals surface area contributed by atoms with E-state index in [1.165, 1.54) is 29.2 Å². The average Bonchev–Trinajstić information content (AvgIpc) is 3.16. The van der Waals surface area contributed by atoms with Gasteiger partial charge < -0.3 is 19.6 Å². The summed E-state index contributed by atoms with van der Waals surface area (Å²) in [5.41, 5.74) is 0.604. The molecule has 0 radical (unpaired) electrons. The molecule has 2 heterocycles. The molecule has 1 aromatic carbocycles. The molecule has 0 fully saturated rings. The number of furan rings is 1. The summed E-state index contributed by atoms with van der Waals surface area (Å²) in [5, 5.41) is 5.41. The van der Waals surface area contributed by atoms with Crippen LogP contribution in [0, 0.1) is 0 Å². The quantitative estimate of drug-likeness (QED) is 0.737. The molecule has 0 unspecified atom stereocenters. The van der Waals surface area contributed by atoms with E-state index in [-0.39, 0.29) is 23.6 Å². The molecule has 0 aliphatic heterocycles. The fraction of sp³-hybridized carbons (Fsp3) is 0.105. The molecule has 0 aliphatic carbocycles. The van der Waals surface area contributed by atoms with Gasteiger partial charge in [0.15, 0.2) is 0 Å². The van der Waals surface area contributed by atoms with E-state index in [2.05, 4.69) is 10.6 Å². The summed E-state index contributed by atoms with van der Waals surface area (Å²) >= 11 is 0. The van der Waals surface area contributed by atoms with Gasteiger partial charge in [0.2, 0.25) is 0 Å². The Hall–Kier alpha value is -3.61. The summed E-state index contributed by atoms with van der Waals surface area (Å²) in [4.78, 5) is 36.5. The SMILES string of the molecule is Cn1ccc(C(=O)Nc2ccccc2C(=O)NCc2ccco2)cc1=O. The number of benzene rings is 1. The highest BCUT2D eigenvalue weighted by molar-refractivity contribution is 6.08. The minimum Gasteiger partial charge on any atom is -0.467 e. The fourth-order valence-electron chi connectivity index (χ4n) is 2.35. The van der Waals surface area contributed by atoms with Crippen LogP contribution in [0.3, 0.4) is 0 Å². The van der Waals surface area contributed by atoms with Crippen molar-refractivity contribution in [3.63, 3.8) is 0 Å². The zero-order chi connectivity index (χ0) is 18.5. The highest BCUT2D eigenvalue weighted by atomic mass is 16.3. The Bertz CT molecular complexity index is 990. The van der Waals surface area contributed by atoms with Crippen LogP contribution in [0.4, 0.5) is 5.69 Å². The van der Waals surface area contributed by atoms with E-state index in [9.17, 15) is 14.4 Å². The Labute approximate surface area is 149 Å². The van der Waals surface area contributed by atoms with E-state index in [4.69, 9.17) is 4.42 Å². The molecule has 2 aromatic heterocycles. The number of para-hydroxylation sites is 1. The maximum absolute atomic E-state index is 12.4. The topological polar surface area (TPSA) is 93.3 Å². The van der Waals surface area contributed by atoms with Gasteiger partial charge in [-0.15, -0.1) is 0 Å². The van der Waals surface area contributed by atoms with Gasteiger partial charge in [0.1, 0.15) is 5.76 Å². The van der Waals surface area contributed by atoms with Crippen LogP contribution in [-0.2, 0) is 13.6 Å². The van der Waals surface area contributed by atoms with Crippen LogP contribution in [0.25, 0.3) is 0 Å². The van der Waals surface area contributed by atoms with E-state index in [0.717, 1.165) is 0 Å². The van der Waals surface area contributed by atoms with Crippen LogP contribution in [0.15, 0.2) is 70.2 Å². The first-order valence-electron chi connectivity index (χ1n) is 7.92. The molecule has 7 heteroatoms. The van der Waals surface area contributed by atoms with E-state index < -0.39 is 5.91 Å². The molecule has 0 bridgehead atoms. The largest absolute Gasteiger partial charge is 0.467 e. The normalized spacial score (nSPS) is 10.3. The second kappa shape index (κ2) is 7.52. The molecule has 2 N–H and O–H groups in total. The number of anilines is 1. The van der Waals surface area contributed by atoms with E-state index in [1.807, 2.05) is 0 Å². The molecule has 0 spiro atoms. The molecule has 7 nitrogen and oxygen atoms in total. The Balaban J connectivity index is 1.75. The first-order valence-corrected chi connectivity index (χ1v) is 7.92. The van der Waals surface area contributed by atoms with Crippen molar-refractivity contribution in [1.82, 2.24) is 9.88 Å². The third-order valence-electron chi connectivity index (χ3n) is 3.79. The van der Waals surface area contributed by atoms with Crippen molar-refractivity contribution in [3.05, 3.63) is 88.2 Å². The van der Waals surface area contributed by atoms with Crippen LogP contribution in [0.2, 0.25) is 0 Å². The maximum Gasteiger partial charge on any atom is 0.255 e. The zero-order valence-corrected chi connectivity index (χ0v) is 14.1. The van der Waals surface area contributed by atoms with Gasteiger partial charge in [0.05, 0.1) is 24.1 Å². The number of rotatable bonds is 5. The lowest BCUT2D eigenvalue weighted by Gasteiger charge is -2.11. The number of aromatic nitrogens is 1. The minimum atomic E-state index is -0.464. The second-order valence-corrected chi connectivity index (χ2v) is 5.63. The van der Waals surface area contributed by atoms with E-state index in [0.29, 0.717) is 17.0 Å². The highest BCUT2D eigenvalue weighted by Crippen LogP contribution is 2.16. The van der Waals surface area contributed by atoms with Gasteiger partial charge in [-0.25, -0.2) is 0 Å². The predicted molar refractivity (Wildman–Crippen MR) is 96.0 cm³/mol. The predicted octanol–water partition coefficient (Wildman–Crippen LogP) is 2.16. The molecule has 0 aliphatic rings. The Morgan fingerprint density at radius 2 is 1.88 bits per heavy atom. The highest BCUT2D eigenvalue weighted by Gasteiger charge is 2.14. The number of nitrogens with one attached hydrogen (secondary N) is 2. The summed E-state index contributed by atoms with van der Waals surface area (Å²) < 4.78 is 6.55. The third-order valence-corrected chi connectivity index (χ3v) is 3.79. The number of hydrogen-bond donors (Lipinski definition) is 2.